The molecule has 0 radical (unpaired) electrons. The van der Waals surface area contributed by atoms with Gasteiger partial charge in [0.15, 0.2) is 0 Å². The summed E-state index contributed by atoms with van der Waals surface area (Å²) in [5, 5.41) is 8.21. The number of hydrogen-bond acceptors (Lipinski definition) is 6. The maximum atomic E-state index is 12.9. The molecule has 0 aliphatic carbocycles. The van der Waals surface area contributed by atoms with Crippen molar-refractivity contribution >= 4 is 5.91 Å². The predicted molar refractivity (Wildman–Crippen MR) is 107 cm³/mol. The van der Waals surface area contributed by atoms with Crippen molar-refractivity contribution in [1.29, 1.82) is 0 Å². The number of hydrogen-bond donors (Lipinski definition) is 0. The molecule has 2 saturated heterocycles. The molecule has 0 spiro atoms. The maximum absolute atomic E-state index is 12.9. The number of amides is 1. The molecular formula is C21H29N5O3. The van der Waals surface area contributed by atoms with E-state index in [2.05, 4.69) is 27.2 Å². The molecule has 8 heteroatoms. The monoisotopic (exact) mass is 399 g/mol. The Kier molecular flexibility index (Phi) is 5.82. The molecule has 0 bridgehead atoms. The molecule has 1 aromatic carbocycles. The SMILES string of the molecule is CCOCC(=O)N1C[C@@H]2CN(Cc3nncn3C)C[C@@H]2[C@@H]1c1ccc(OC)cc1. The van der Waals surface area contributed by atoms with Crippen molar-refractivity contribution in [3.63, 3.8) is 0 Å². The van der Waals surface area contributed by atoms with Crippen LogP contribution < -0.4 is 4.74 Å². The average Bonchev–Trinajstić information content (AvgIpc) is 3.41. The molecule has 2 aliphatic rings. The van der Waals surface area contributed by atoms with Crippen LogP contribution in [0, 0.1) is 11.8 Å². The first-order valence-electron chi connectivity index (χ1n) is 10.2. The van der Waals surface area contributed by atoms with Gasteiger partial charge < -0.3 is 18.9 Å². The molecule has 0 N–H and O–H groups in total. The molecule has 2 aliphatic heterocycles. The third-order valence-electron chi connectivity index (χ3n) is 6.12. The van der Waals surface area contributed by atoms with E-state index in [4.69, 9.17) is 9.47 Å². The number of nitrogens with zero attached hydrogens (tertiary/aromatic N) is 5. The normalized spacial score (nSPS) is 24.1. The number of likely N-dealkylation sites (tertiary alicyclic amines) is 2. The van der Waals surface area contributed by atoms with Crippen molar-refractivity contribution < 1.29 is 14.3 Å². The van der Waals surface area contributed by atoms with Gasteiger partial charge in [-0.25, -0.2) is 0 Å². The standard InChI is InChI=1S/C21H29N5O3/c1-4-29-13-20(27)26-10-16-9-25(12-19-23-22-14-24(19)2)11-18(16)21(26)15-5-7-17(28-3)8-6-15/h5-8,14,16,18,21H,4,9-13H2,1-3H3/t16-,18-,21-/m0/s1. The highest BCUT2D eigenvalue weighted by Gasteiger charge is 2.49. The van der Waals surface area contributed by atoms with Gasteiger partial charge in [0.2, 0.25) is 5.91 Å². The van der Waals surface area contributed by atoms with Crippen LogP contribution in [0.1, 0.15) is 24.4 Å². The van der Waals surface area contributed by atoms with E-state index < -0.39 is 0 Å². The van der Waals surface area contributed by atoms with Crippen LogP contribution in [0.25, 0.3) is 0 Å². The van der Waals surface area contributed by atoms with Gasteiger partial charge in [-0.2, -0.15) is 0 Å². The van der Waals surface area contributed by atoms with Crippen LogP contribution >= 0.6 is 0 Å². The summed E-state index contributed by atoms with van der Waals surface area (Å²) in [6.07, 6.45) is 1.74. The number of rotatable bonds is 7. The minimum Gasteiger partial charge on any atom is -0.497 e. The van der Waals surface area contributed by atoms with E-state index in [0.29, 0.717) is 18.4 Å². The van der Waals surface area contributed by atoms with E-state index in [1.54, 1.807) is 13.4 Å². The Morgan fingerprint density at radius 3 is 2.66 bits per heavy atom. The first-order valence-corrected chi connectivity index (χ1v) is 10.2. The maximum Gasteiger partial charge on any atom is 0.249 e. The van der Waals surface area contributed by atoms with Crippen LogP contribution in [-0.2, 0) is 23.1 Å². The smallest absolute Gasteiger partial charge is 0.249 e. The van der Waals surface area contributed by atoms with Crippen LogP contribution in [0.15, 0.2) is 30.6 Å². The number of fused-ring (bicyclic) bond motifs is 1. The summed E-state index contributed by atoms with van der Waals surface area (Å²) in [5.41, 5.74) is 1.16. The number of ether oxygens (including phenoxy) is 2. The molecule has 1 aromatic heterocycles. The molecule has 0 unspecified atom stereocenters. The largest absolute Gasteiger partial charge is 0.497 e. The van der Waals surface area contributed by atoms with Gasteiger partial charge in [0.25, 0.3) is 0 Å². The highest BCUT2D eigenvalue weighted by molar-refractivity contribution is 5.78. The summed E-state index contributed by atoms with van der Waals surface area (Å²) in [4.78, 5) is 17.3. The average molecular weight is 399 g/mol. The zero-order chi connectivity index (χ0) is 20.4. The number of benzene rings is 1. The highest BCUT2D eigenvalue weighted by Crippen LogP contribution is 2.45. The van der Waals surface area contributed by atoms with Crippen LogP contribution in [0.5, 0.6) is 5.75 Å². The van der Waals surface area contributed by atoms with E-state index in [9.17, 15) is 4.79 Å². The van der Waals surface area contributed by atoms with Crippen molar-refractivity contribution in [3.05, 3.63) is 42.0 Å². The number of carbonyl (C=O) groups is 1. The fraction of sp³-hybridized carbons (Fsp3) is 0.571. The predicted octanol–water partition coefficient (Wildman–Crippen LogP) is 1.49. The fourth-order valence-electron chi connectivity index (χ4n) is 4.67. The van der Waals surface area contributed by atoms with Crippen LogP contribution in [0.4, 0.5) is 0 Å². The Bertz CT molecular complexity index is 837. The Morgan fingerprint density at radius 1 is 1.21 bits per heavy atom. The minimum atomic E-state index is 0.0587. The molecule has 2 fully saturated rings. The summed E-state index contributed by atoms with van der Waals surface area (Å²) < 4.78 is 12.7. The summed E-state index contributed by atoms with van der Waals surface area (Å²) in [5.74, 6) is 2.70. The topological polar surface area (TPSA) is 72.7 Å². The van der Waals surface area contributed by atoms with Crippen LogP contribution in [-0.4, -0.2) is 70.4 Å². The number of carbonyl (C=O) groups excluding carboxylic acids is 1. The van der Waals surface area contributed by atoms with E-state index in [-0.39, 0.29) is 18.6 Å². The highest BCUT2D eigenvalue weighted by atomic mass is 16.5. The molecule has 0 saturated carbocycles. The molecule has 8 nitrogen and oxygen atoms in total. The lowest BCUT2D eigenvalue weighted by atomic mass is 9.89. The molecular weight excluding hydrogens is 370 g/mol. The Labute approximate surface area is 171 Å². The van der Waals surface area contributed by atoms with E-state index in [0.717, 1.165) is 43.3 Å². The van der Waals surface area contributed by atoms with Crippen LogP contribution in [0.2, 0.25) is 0 Å². The van der Waals surface area contributed by atoms with Crippen LogP contribution in [0.3, 0.4) is 0 Å². The van der Waals surface area contributed by atoms with E-state index in [1.807, 2.05) is 35.6 Å². The van der Waals surface area contributed by atoms with Gasteiger partial charge in [0.1, 0.15) is 24.5 Å². The zero-order valence-electron chi connectivity index (χ0n) is 17.3. The molecule has 1 amide bonds. The van der Waals surface area contributed by atoms with E-state index >= 15 is 0 Å². The van der Waals surface area contributed by atoms with Crippen molar-refractivity contribution in [3.8, 4) is 5.75 Å². The van der Waals surface area contributed by atoms with Gasteiger partial charge in [0.05, 0.1) is 19.7 Å². The second kappa shape index (κ2) is 8.51. The Morgan fingerprint density at radius 2 is 2.00 bits per heavy atom. The number of methoxy groups -OCH3 is 1. The van der Waals surface area contributed by atoms with Gasteiger partial charge in [0, 0.05) is 39.2 Å². The second-order valence-corrected chi connectivity index (χ2v) is 7.88. The third kappa shape index (κ3) is 4.00. The molecule has 2 aromatic rings. The van der Waals surface area contributed by atoms with Crippen molar-refractivity contribution in [1.82, 2.24) is 24.6 Å². The third-order valence-corrected chi connectivity index (χ3v) is 6.12. The number of aromatic nitrogens is 3. The van der Waals surface area contributed by atoms with Gasteiger partial charge >= 0.3 is 0 Å². The van der Waals surface area contributed by atoms with E-state index in [1.165, 1.54) is 0 Å². The Hall–Kier alpha value is -2.45. The molecule has 3 heterocycles. The summed E-state index contributed by atoms with van der Waals surface area (Å²) in [6.45, 7) is 6.05. The van der Waals surface area contributed by atoms with Gasteiger partial charge in [-0.15, -0.1) is 10.2 Å². The Balaban J connectivity index is 1.54. The molecule has 156 valence electrons. The second-order valence-electron chi connectivity index (χ2n) is 7.88. The van der Waals surface area contributed by atoms with Gasteiger partial charge in [-0.05, 0) is 30.5 Å². The number of aryl methyl sites for hydroxylation is 1. The molecule has 3 atom stereocenters. The lowest BCUT2D eigenvalue weighted by molar-refractivity contribution is -0.137. The summed E-state index contributed by atoms with van der Waals surface area (Å²) >= 11 is 0. The summed E-state index contributed by atoms with van der Waals surface area (Å²) in [6, 6.07) is 8.17. The molecule has 29 heavy (non-hydrogen) atoms. The lowest BCUT2D eigenvalue weighted by Crippen LogP contribution is -2.37. The van der Waals surface area contributed by atoms with Crippen molar-refractivity contribution in [2.45, 2.75) is 19.5 Å². The molecule has 4 rings (SSSR count). The summed E-state index contributed by atoms with van der Waals surface area (Å²) in [7, 11) is 3.64. The van der Waals surface area contributed by atoms with Crippen molar-refractivity contribution in [2.75, 3.05) is 40.0 Å². The minimum absolute atomic E-state index is 0.0587. The fourth-order valence-corrected chi connectivity index (χ4v) is 4.67. The quantitative estimate of drug-likeness (QED) is 0.703. The first kappa shape index (κ1) is 19.8. The lowest BCUT2D eigenvalue weighted by Gasteiger charge is -2.30. The van der Waals surface area contributed by atoms with Crippen molar-refractivity contribution in [2.24, 2.45) is 18.9 Å². The van der Waals surface area contributed by atoms with Gasteiger partial charge in [-0.1, -0.05) is 12.1 Å². The first-order chi connectivity index (χ1) is 14.1. The zero-order valence-corrected chi connectivity index (χ0v) is 17.3. The van der Waals surface area contributed by atoms with Gasteiger partial charge in [-0.3, -0.25) is 9.69 Å².